The summed E-state index contributed by atoms with van der Waals surface area (Å²) in [4.78, 5) is 51.6. The Morgan fingerprint density at radius 2 is 1.12 bits per heavy atom. The second-order valence-corrected chi connectivity index (χ2v) is 11.1. The molecular weight excluding hydrogens is 644 g/mol. The Labute approximate surface area is 292 Å². The molecular formula is C39H44O11. The lowest BCUT2D eigenvalue weighted by molar-refractivity contribution is -0.270. The Balaban J connectivity index is 1.45. The van der Waals surface area contributed by atoms with Gasteiger partial charge >= 0.3 is 17.9 Å². The molecule has 3 aromatic carbocycles. The maximum Gasteiger partial charge on any atom is 0.343 e. The zero-order valence-corrected chi connectivity index (χ0v) is 28.1. The summed E-state index contributed by atoms with van der Waals surface area (Å²) in [5.74, 6) is -0.0440. The van der Waals surface area contributed by atoms with Crippen LogP contribution in [-0.2, 0) is 24.0 Å². The van der Waals surface area contributed by atoms with E-state index >= 15 is 0 Å². The summed E-state index contributed by atoms with van der Waals surface area (Å²) in [5, 5.41) is 9.76. The summed E-state index contributed by atoms with van der Waals surface area (Å²) in [5.41, 5.74) is 1.44. The molecule has 1 N–H and O–H groups in total. The second kappa shape index (κ2) is 22.4. The molecule has 0 aliphatic rings. The van der Waals surface area contributed by atoms with Gasteiger partial charge in [-0.3, -0.25) is 10.1 Å². The van der Waals surface area contributed by atoms with Crippen molar-refractivity contribution in [1.29, 1.82) is 0 Å². The minimum absolute atomic E-state index is 0.152. The molecule has 0 radical (unpaired) electrons. The van der Waals surface area contributed by atoms with Crippen LogP contribution in [0, 0.1) is 0 Å². The predicted octanol–water partition coefficient (Wildman–Crippen LogP) is 7.63. The second-order valence-electron chi connectivity index (χ2n) is 11.1. The van der Waals surface area contributed by atoms with E-state index in [1.54, 1.807) is 54.6 Å². The van der Waals surface area contributed by atoms with Gasteiger partial charge in [-0.2, -0.15) is 0 Å². The van der Waals surface area contributed by atoms with Crippen molar-refractivity contribution in [2.75, 3.05) is 26.4 Å². The smallest absolute Gasteiger partial charge is 0.343 e. The van der Waals surface area contributed by atoms with Gasteiger partial charge in [-0.05, 0) is 111 Å². The van der Waals surface area contributed by atoms with E-state index in [9.17, 15) is 24.4 Å². The largest absolute Gasteiger partial charge is 0.494 e. The van der Waals surface area contributed by atoms with Crippen molar-refractivity contribution in [2.45, 2.75) is 57.5 Å². The number of hydrogen-bond acceptors (Lipinski definition) is 11. The fourth-order valence-corrected chi connectivity index (χ4v) is 4.81. The van der Waals surface area contributed by atoms with Gasteiger partial charge in [0.2, 0.25) is 0 Å². The number of aldehydes is 1. The maximum absolute atomic E-state index is 12.8. The lowest BCUT2D eigenvalue weighted by Gasteiger charge is -2.17. The number of carbonyl (C=O) groups is 4. The number of esters is 3. The molecule has 0 bridgehead atoms. The van der Waals surface area contributed by atoms with E-state index in [2.05, 4.69) is 13.2 Å². The van der Waals surface area contributed by atoms with Crippen molar-refractivity contribution in [2.24, 2.45) is 0 Å². The Bertz CT molecular complexity index is 1530. The average Bonchev–Trinajstić information content (AvgIpc) is 3.14. The first-order valence-corrected chi connectivity index (χ1v) is 16.5. The third-order valence-corrected chi connectivity index (χ3v) is 7.49. The zero-order valence-electron chi connectivity index (χ0n) is 28.1. The number of ether oxygens (including phenoxy) is 5. The summed E-state index contributed by atoms with van der Waals surface area (Å²) in [7, 11) is 0. The Morgan fingerprint density at radius 3 is 1.60 bits per heavy atom. The number of rotatable bonds is 24. The molecule has 1 unspecified atom stereocenters. The molecule has 0 saturated heterocycles. The highest BCUT2D eigenvalue weighted by atomic mass is 17.1. The van der Waals surface area contributed by atoms with E-state index in [1.807, 2.05) is 0 Å². The fraction of sp³-hybridized carbons (Fsp3) is 0.333. The molecule has 0 amide bonds. The topological polar surface area (TPSA) is 144 Å². The molecule has 0 saturated carbocycles. The van der Waals surface area contributed by atoms with Gasteiger partial charge in [0.1, 0.15) is 23.4 Å². The Morgan fingerprint density at radius 1 is 0.640 bits per heavy atom. The summed E-state index contributed by atoms with van der Waals surface area (Å²) >= 11 is 0. The zero-order chi connectivity index (χ0) is 36.0. The minimum Gasteiger partial charge on any atom is -0.494 e. The molecule has 3 aromatic rings. The van der Waals surface area contributed by atoms with E-state index in [0.717, 1.165) is 63.5 Å². The van der Waals surface area contributed by atoms with Gasteiger partial charge in [-0.25, -0.2) is 19.3 Å². The molecule has 0 heterocycles. The fourth-order valence-electron chi connectivity index (χ4n) is 4.81. The first kappa shape index (κ1) is 39.2. The predicted molar refractivity (Wildman–Crippen MR) is 185 cm³/mol. The lowest BCUT2D eigenvalue weighted by atomic mass is 9.97. The van der Waals surface area contributed by atoms with Crippen LogP contribution in [0.2, 0.25) is 0 Å². The normalized spacial score (nSPS) is 11.1. The standard InChI is InChI=1S/C39H44O11/c1-3-36(41)47-25-11-7-5-9-23-45-32-17-13-29(14-18-32)38(50-44)35-22-21-34(27-31(35)28-40)49-39(43)30-15-19-33(20-16-30)46-24-10-6-8-12-26-48-37(42)4-2/h3-4,13-22,27-28,38,44H,1-2,5-12,23-26H2. The maximum atomic E-state index is 12.8. The molecule has 1 atom stereocenters. The van der Waals surface area contributed by atoms with Crippen LogP contribution in [-0.4, -0.2) is 55.9 Å². The van der Waals surface area contributed by atoms with Crippen molar-refractivity contribution < 1.29 is 53.0 Å². The third kappa shape index (κ3) is 13.7. The molecule has 11 nitrogen and oxygen atoms in total. The van der Waals surface area contributed by atoms with Crippen LogP contribution in [0.1, 0.15) is 89.3 Å². The van der Waals surface area contributed by atoms with E-state index < -0.39 is 24.0 Å². The molecule has 0 spiro atoms. The summed E-state index contributed by atoms with van der Waals surface area (Å²) in [6, 6.07) is 18.0. The molecule has 3 rings (SSSR count). The van der Waals surface area contributed by atoms with Crippen molar-refractivity contribution in [3.63, 3.8) is 0 Å². The molecule has 0 aromatic heterocycles. The van der Waals surface area contributed by atoms with E-state index in [1.165, 1.54) is 12.1 Å². The molecule has 0 fully saturated rings. The third-order valence-electron chi connectivity index (χ3n) is 7.49. The minimum atomic E-state index is -0.973. The van der Waals surface area contributed by atoms with Crippen molar-refractivity contribution in [3.05, 3.63) is 114 Å². The first-order chi connectivity index (χ1) is 24.4. The van der Waals surface area contributed by atoms with Gasteiger partial charge in [0.15, 0.2) is 6.29 Å². The van der Waals surface area contributed by atoms with Crippen LogP contribution in [0.3, 0.4) is 0 Å². The van der Waals surface area contributed by atoms with Gasteiger partial charge < -0.3 is 23.7 Å². The SMILES string of the molecule is C=CC(=O)OCCCCCCOc1ccc(C(=O)Oc2ccc(C(OO)c3ccc(OCCCCCCOC(=O)C=C)cc3)c(C=O)c2)cc1. The number of unbranched alkanes of at least 4 members (excludes halogenated alkanes) is 6. The van der Waals surface area contributed by atoms with E-state index in [4.69, 9.17) is 28.6 Å². The van der Waals surface area contributed by atoms with Crippen LogP contribution in [0.5, 0.6) is 17.2 Å². The summed E-state index contributed by atoms with van der Waals surface area (Å²) in [6.07, 6.45) is 8.79. The van der Waals surface area contributed by atoms with Crippen LogP contribution in [0.15, 0.2) is 92.0 Å². The van der Waals surface area contributed by atoms with Crippen LogP contribution < -0.4 is 14.2 Å². The van der Waals surface area contributed by atoms with Gasteiger partial charge in [0, 0.05) is 17.7 Å². The average molecular weight is 689 g/mol. The highest BCUT2D eigenvalue weighted by molar-refractivity contribution is 5.91. The Kier molecular flexibility index (Phi) is 17.5. The van der Waals surface area contributed by atoms with Gasteiger partial charge in [0.05, 0.1) is 32.0 Å². The molecule has 266 valence electrons. The van der Waals surface area contributed by atoms with Crippen molar-refractivity contribution in [3.8, 4) is 17.2 Å². The highest BCUT2D eigenvalue weighted by Gasteiger charge is 2.20. The summed E-state index contributed by atoms with van der Waals surface area (Å²) in [6.45, 7) is 8.48. The van der Waals surface area contributed by atoms with Crippen molar-refractivity contribution >= 4 is 24.2 Å². The van der Waals surface area contributed by atoms with Crippen LogP contribution in [0.25, 0.3) is 0 Å². The molecule has 0 aliphatic heterocycles. The van der Waals surface area contributed by atoms with Gasteiger partial charge in [0.25, 0.3) is 0 Å². The monoisotopic (exact) mass is 688 g/mol. The van der Waals surface area contributed by atoms with E-state index in [0.29, 0.717) is 60.9 Å². The van der Waals surface area contributed by atoms with Crippen LogP contribution in [0.4, 0.5) is 0 Å². The van der Waals surface area contributed by atoms with Crippen molar-refractivity contribution in [1.82, 2.24) is 0 Å². The highest BCUT2D eigenvalue weighted by Crippen LogP contribution is 2.31. The number of benzene rings is 3. The lowest BCUT2D eigenvalue weighted by Crippen LogP contribution is -2.11. The van der Waals surface area contributed by atoms with Crippen LogP contribution >= 0.6 is 0 Å². The first-order valence-electron chi connectivity index (χ1n) is 16.5. The van der Waals surface area contributed by atoms with E-state index in [-0.39, 0.29) is 11.3 Å². The van der Waals surface area contributed by atoms with Gasteiger partial charge in [-0.1, -0.05) is 31.4 Å². The molecule has 11 heteroatoms. The number of carbonyl (C=O) groups excluding carboxylic acids is 4. The Hall–Kier alpha value is -5.26. The molecule has 0 aliphatic carbocycles. The number of hydrogen-bond donors (Lipinski definition) is 1. The quantitative estimate of drug-likeness (QED) is 0.0189. The van der Waals surface area contributed by atoms with Gasteiger partial charge in [-0.15, -0.1) is 0 Å². The summed E-state index contributed by atoms with van der Waals surface area (Å²) < 4.78 is 27.0. The molecule has 50 heavy (non-hydrogen) atoms.